The highest BCUT2D eigenvalue weighted by molar-refractivity contribution is 7.99. The number of carbonyl (C=O) groups is 1. The van der Waals surface area contributed by atoms with Crippen molar-refractivity contribution in [2.75, 3.05) is 19.0 Å². The molecule has 150 valence electrons. The van der Waals surface area contributed by atoms with E-state index < -0.39 is 11.7 Å². The maximum absolute atomic E-state index is 12.5. The molecule has 0 aliphatic carbocycles. The van der Waals surface area contributed by atoms with E-state index in [0.717, 1.165) is 36.0 Å². The molecular formula is C18H16ClF3N2O3S. The number of pyridine rings is 1. The van der Waals surface area contributed by atoms with E-state index in [9.17, 15) is 18.0 Å². The molecule has 1 aromatic heterocycles. The number of fused-ring (bicyclic) bond motifs is 1. The van der Waals surface area contributed by atoms with Gasteiger partial charge in [-0.3, -0.25) is 4.79 Å². The zero-order valence-corrected chi connectivity index (χ0v) is 16.1. The normalized spacial score (nSPS) is 13.7. The van der Waals surface area contributed by atoms with Gasteiger partial charge in [-0.25, -0.2) is 4.98 Å². The van der Waals surface area contributed by atoms with Crippen molar-refractivity contribution < 1.29 is 27.4 Å². The van der Waals surface area contributed by atoms with Crippen LogP contribution in [0.15, 0.2) is 35.5 Å². The van der Waals surface area contributed by atoms with Crippen LogP contribution in [-0.2, 0) is 17.5 Å². The molecule has 0 fully saturated rings. The van der Waals surface area contributed by atoms with Gasteiger partial charge < -0.3 is 14.8 Å². The Kier molecular flexibility index (Phi) is 6.56. The van der Waals surface area contributed by atoms with Gasteiger partial charge in [-0.1, -0.05) is 23.4 Å². The molecule has 0 spiro atoms. The fraction of sp³-hybridized carbons (Fsp3) is 0.333. The van der Waals surface area contributed by atoms with E-state index in [1.807, 2.05) is 0 Å². The van der Waals surface area contributed by atoms with Crippen LogP contribution >= 0.6 is 23.4 Å². The van der Waals surface area contributed by atoms with Crippen molar-refractivity contribution in [2.24, 2.45) is 0 Å². The number of aromatic nitrogens is 1. The standard InChI is InChI=1S/C18H16ClF3N2O3S/c19-13-6-11(7-14-17(13)27-5-1-4-26-14)8-23-15(25)10-28-16-3-2-12(9-24-16)18(20,21)22/h2-3,6-7,9H,1,4-5,8,10H2,(H,23,25). The molecule has 1 amide bonds. The van der Waals surface area contributed by atoms with Crippen molar-refractivity contribution in [1.82, 2.24) is 10.3 Å². The number of halogens is 4. The van der Waals surface area contributed by atoms with E-state index in [-0.39, 0.29) is 18.2 Å². The van der Waals surface area contributed by atoms with Crippen LogP contribution in [0.4, 0.5) is 13.2 Å². The Labute approximate surface area is 168 Å². The lowest BCUT2D eigenvalue weighted by molar-refractivity contribution is -0.137. The molecule has 0 atom stereocenters. The Balaban J connectivity index is 1.52. The molecule has 0 saturated heterocycles. The predicted molar refractivity (Wildman–Crippen MR) is 98.9 cm³/mol. The van der Waals surface area contributed by atoms with Crippen LogP contribution in [0.5, 0.6) is 11.5 Å². The van der Waals surface area contributed by atoms with Crippen LogP contribution < -0.4 is 14.8 Å². The highest BCUT2D eigenvalue weighted by Crippen LogP contribution is 2.38. The molecule has 1 aliphatic rings. The average Bonchev–Trinajstić information content (AvgIpc) is 2.90. The summed E-state index contributed by atoms with van der Waals surface area (Å²) in [5.74, 6) is 0.780. The molecule has 1 aromatic carbocycles. The van der Waals surface area contributed by atoms with Gasteiger partial charge in [0.15, 0.2) is 11.5 Å². The lowest BCUT2D eigenvalue weighted by atomic mass is 10.2. The zero-order chi connectivity index (χ0) is 20.1. The maximum atomic E-state index is 12.5. The van der Waals surface area contributed by atoms with E-state index in [2.05, 4.69) is 10.3 Å². The summed E-state index contributed by atoms with van der Waals surface area (Å²) in [4.78, 5) is 15.7. The summed E-state index contributed by atoms with van der Waals surface area (Å²) < 4.78 is 48.7. The molecule has 3 rings (SSSR count). The van der Waals surface area contributed by atoms with Crippen LogP contribution in [0, 0.1) is 0 Å². The number of hydrogen-bond acceptors (Lipinski definition) is 5. The number of ether oxygens (including phenoxy) is 2. The SMILES string of the molecule is O=C(CSc1ccc(C(F)(F)F)cn1)NCc1cc(Cl)c2c(c1)OCCCO2. The number of benzene rings is 1. The smallest absolute Gasteiger partial charge is 0.417 e. The Bertz CT molecular complexity index is 847. The Hall–Kier alpha value is -2.13. The van der Waals surface area contributed by atoms with E-state index in [1.54, 1.807) is 12.1 Å². The van der Waals surface area contributed by atoms with Crippen molar-refractivity contribution in [3.8, 4) is 11.5 Å². The van der Waals surface area contributed by atoms with Crippen molar-refractivity contribution in [3.05, 3.63) is 46.6 Å². The summed E-state index contributed by atoms with van der Waals surface area (Å²) in [6.07, 6.45) is -2.93. The first kappa shape index (κ1) is 20.6. The number of nitrogens with one attached hydrogen (secondary N) is 1. The Morgan fingerprint density at radius 1 is 1.25 bits per heavy atom. The second kappa shape index (κ2) is 8.91. The van der Waals surface area contributed by atoms with Crippen LogP contribution in [0.25, 0.3) is 0 Å². The van der Waals surface area contributed by atoms with Crippen molar-refractivity contribution >= 4 is 29.3 Å². The second-order valence-corrected chi connectivity index (χ2v) is 7.31. The van der Waals surface area contributed by atoms with Crippen molar-refractivity contribution in [2.45, 2.75) is 24.2 Å². The maximum Gasteiger partial charge on any atom is 0.417 e. The largest absolute Gasteiger partial charge is 0.489 e. The zero-order valence-electron chi connectivity index (χ0n) is 14.5. The number of rotatable bonds is 5. The van der Waals surface area contributed by atoms with Crippen molar-refractivity contribution in [3.63, 3.8) is 0 Å². The topological polar surface area (TPSA) is 60.5 Å². The van der Waals surface area contributed by atoms with Crippen LogP contribution in [0.3, 0.4) is 0 Å². The number of hydrogen-bond donors (Lipinski definition) is 1. The summed E-state index contributed by atoms with van der Waals surface area (Å²) in [5.41, 5.74) is -0.0761. The predicted octanol–water partition coefficient (Wildman–Crippen LogP) is 4.32. The minimum Gasteiger partial charge on any atom is -0.489 e. The fourth-order valence-corrected chi connectivity index (χ4v) is 3.37. The van der Waals surface area contributed by atoms with Gasteiger partial charge in [-0.05, 0) is 29.8 Å². The molecule has 28 heavy (non-hydrogen) atoms. The summed E-state index contributed by atoms with van der Waals surface area (Å²) in [6, 6.07) is 5.63. The summed E-state index contributed by atoms with van der Waals surface area (Å²) in [6.45, 7) is 1.28. The lowest BCUT2D eigenvalue weighted by Gasteiger charge is -2.12. The molecule has 1 N–H and O–H groups in total. The molecule has 0 radical (unpaired) electrons. The number of nitrogens with zero attached hydrogens (tertiary/aromatic N) is 1. The van der Waals surface area contributed by atoms with Gasteiger partial charge in [0, 0.05) is 19.2 Å². The molecule has 10 heteroatoms. The molecule has 0 unspecified atom stereocenters. The molecule has 1 aliphatic heterocycles. The molecule has 2 heterocycles. The highest BCUT2D eigenvalue weighted by atomic mass is 35.5. The first-order valence-electron chi connectivity index (χ1n) is 8.33. The van der Waals surface area contributed by atoms with Crippen molar-refractivity contribution in [1.29, 1.82) is 0 Å². The van der Waals surface area contributed by atoms with Gasteiger partial charge in [0.25, 0.3) is 0 Å². The van der Waals surface area contributed by atoms with Gasteiger partial charge in [-0.15, -0.1) is 0 Å². The summed E-state index contributed by atoms with van der Waals surface area (Å²) in [5, 5.41) is 3.48. The fourth-order valence-electron chi connectivity index (χ4n) is 2.41. The number of carbonyl (C=O) groups excluding carboxylic acids is 1. The van der Waals surface area contributed by atoms with Crippen LogP contribution in [-0.4, -0.2) is 29.9 Å². The second-order valence-electron chi connectivity index (χ2n) is 5.90. The molecule has 5 nitrogen and oxygen atoms in total. The van der Waals surface area contributed by atoms with E-state index in [0.29, 0.717) is 34.8 Å². The number of alkyl halides is 3. The minimum absolute atomic E-state index is 0.0245. The summed E-state index contributed by atoms with van der Waals surface area (Å²) in [7, 11) is 0. The first-order chi connectivity index (χ1) is 13.3. The third-order valence-electron chi connectivity index (χ3n) is 3.77. The first-order valence-corrected chi connectivity index (χ1v) is 9.70. The Morgan fingerprint density at radius 2 is 2.04 bits per heavy atom. The Morgan fingerprint density at radius 3 is 2.75 bits per heavy atom. The van der Waals surface area contributed by atoms with E-state index >= 15 is 0 Å². The van der Waals surface area contributed by atoms with Gasteiger partial charge in [0.1, 0.15) is 0 Å². The van der Waals surface area contributed by atoms with Gasteiger partial charge >= 0.3 is 6.18 Å². The molecule has 0 bridgehead atoms. The van der Waals surface area contributed by atoms with Gasteiger partial charge in [0.2, 0.25) is 5.91 Å². The molecule has 2 aromatic rings. The van der Waals surface area contributed by atoms with E-state index in [1.165, 1.54) is 6.07 Å². The van der Waals surface area contributed by atoms with Crippen LogP contribution in [0.2, 0.25) is 5.02 Å². The molecular weight excluding hydrogens is 417 g/mol. The monoisotopic (exact) mass is 432 g/mol. The average molecular weight is 433 g/mol. The summed E-state index contributed by atoms with van der Waals surface area (Å²) >= 11 is 7.26. The lowest BCUT2D eigenvalue weighted by Crippen LogP contribution is -2.24. The number of thioether (sulfide) groups is 1. The van der Waals surface area contributed by atoms with Gasteiger partial charge in [0.05, 0.1) is 34.6 Å². The van der Waals surface area contributed by atoms with E-state index in [4.69, 9.17) is 21.1 Å². The number of amides is 1. The quantitative estimate of drug-likeness (QED) is 0.713. The van der Waals surface area contributed by atoms with Gasteiger partial charge in [-0.2, -0.15) is 13.2 Å². The minimum atomic E-state index is -4.43. The molecule has 0 saturated carbocycles. The third-order valence-corrected chi connectivity index (χ3v) is 4.99. The van der Waals surface area contributed by atoms with Crippen LogP contribution in [0.1, 0.15) is 17.5 Å². The third kappa shape index (κ3) is 5.45. The highest BCUT2D eigenvalue weighted by Gasteiger charge is 2.30.